The highest BCUT2D eigenvalue weighted by atomic mass is 19.4. The normalized spacial score (nSPS) is 13.4. The predicted molar refractivity (Wildman–Crippen MR) is 169 cm³/mol. The molecular weight excluding hydrogens is 613 g/mol. The number of anilines is 2. The summed E-state index contributed by atoms with van der Waals surface area (Å²) in [4.78, 5) is 33.7. The molecule has 47 heavy (non-hydrogen) atoms. The number of rotatable bonds is 7. The monoisotopic (exact) mass is 642 g/mol. The highest BCUT2D eigenvalue weighted by Crippen LogP contribution is 2.33. The van der Waals surface area contributed by atoms with E-state index < -0.39 is 17.6 Å². The fraction of sp³-hybridized carbons (Fsp3) is 0.176. The minimum absolute atomic E-state index is 0.0625. The molecule has 6 rings (SSSR count). The Labute approximate surface area is 267 Å². The number of nitrogens with one attached hydrogen (secondary N) is 1. The molecule has 0 saturated carbocycles. The number of carbonyl (C=O) groups excluding carboxylic acids is 2. The molecule has 5 aromatic rings. The summed E-state index contributed by atoms with van der Waals surface area (Å²) in [6.45, 7) is 1.49. The number of carbonyl (C=O) groups is 2. The molecule has 1 saturated heterocycles. The van der Waals surface area contributed by atoms with Crippen molar-refractivity contribution in [2.24, 2.45) is 0 Å². The van der Waals surface area contributed by atoms with Gasteiger partial charge < -0.3 is 25.0 Å². The average molecular weight is 643 g/mol. The lowest BCUT2D eigenvalue weighted by atomic mass is 10.1. The van der Waals surface area contributed by atoms with Gasteiger partial charge in [0.15, 0.2) is 0 Å². The largest absolute Gasteiger partial charge is 0.506 e. The molecule has 2 amide bonds. The number of nitrogens with zero attached hydrogens (tertiary/aromatic N) is 5. The molecule has 0 spiro atoms. The summed E-state index contributed by atoms with van der Waals surface area (Å²) in [7, 11) is 1.57. The second-order valence-electron chi connectivity index (χ2n) is 10.9. The maximum atomic E-state index is 13.9. The van der Waals surface area contributed by atoms with Crippen LogP contribution in [0, 0.1) is 0 Å². The fourth-order valence-electron chi connectivity index (χ4n) is 5.28. The van der Waals surface area contributed by atoms with E-state index in [1.54, 1.807) is 43.5 Å². The van der Waals surface area contributed by atoms with Gasteiger partial charge in [-0.1, -0.05) is 0 Å². The van der Waals surface area contributed by atoms with Crippen LogP contribution < -0.4 is 15.0 Å². The third-order valence-electron chi connectivity index (χ3n) is 7.81. The van der Waals surface area contributed by atoms with E-state index in [9.17, 15) is 27.9 Å². The van der Waals surface area contributed by atoms with Crippen LogP contribution in [0.4, 0.5) is 24.5 Å². The molecule has 1 fully saturated rings. The first-order valence-corrected chi connectivity index (χ1v) is 14.6. The molecule has 2 N–H and O–H groups in total. The number of hydrogen-bond donors (Lipinski definition) is 2. The first-order chi connectivity index (χ1) is 22.6. The molecule has 1 aliphatic heterocycles. The Kier molecular flexibility index (Phi) is 8.53. The smallest absolute Gasteiger partial charge is 0.416 e. The molecule has 13 heteroatoms. The van der Waals surface area contributed by atoms with Crippen LogP contribution in [0.25, 0.3) is 16.8 Å². The minimum atomic E-state index is -4.69. The van der Waals surface area contributed by atoms with Gasteiger partial charge in [0, 0.05) is 72.2 Å². The number of piperazine rings is 1. The maximum absolute atomic E-state index is 13.9. The van der Waals surface area contributed by atoms with E-state index in [4.69, 9.17) is 4.74 Å². The van der Waals surface area contributed by atoms with E-state index in [0.717, 1.165) is 17.8 Å². The van der Waals surface area contributed by atoms with E-state index in [-0.39, 0.29) is 22.9 Å². The van der Waals surface area contributed by atoms with Gasteiger partial charge in [-0.2, -0.15) is 18.3 Å². The minimum Gasteiger partial charge on any atom is -0.506 e. The Morgan fingerprint density at radius 3 is 2.21 bits per heavy atom. The molecule has 1 aliphatic rings. The van der Waals surface area contributed by atoms with Gasteiger partial charge in [-0.05, 0) is 72.8 Å². The topological polar surface area (TPSA) is 113 Å². The van der Waals surface area contributed by atoms with E-state index in [2.05, 4.69) is 15.4 Å². The Morgan fingerprint density at radius 1 is 0.830 bits per heavy atom. The standard InChI is InChI=1S/C34H29F3N6O4/c1-47-31-8-4-27(5-9-31)40-32(45)22-2-6-28(7-3-22)41-10-12-42(13-11-41)33(46)23-14-26(34(35,36)37)17-29(15-23)43-21-25(19-39-43)24-16-30(44)20-38-18-24/h2-9,14-21,44H,10-13H2,1H3,(H,40,45). The van der Waals surface area contributed by atoms with Gasteiger partial charge in [0.2, 0.25) is 0 Å². The number of pyridine rings is 1. The highest BCUT2D eigenvalue weighted by molar-refractivity contribution is 6.04. The summed E-state index contributed by atoms with van der Waals surface area (Å²) in [5, 5.41) is 16.8. The molecule has 0 unspecified atom stereocenters. The molecule has 10 nitrogen and oxygen atoms in total. The van der Waals surface area contributed by atoms with Crippen LogP contribution in [0.2, 0.25) is 0 Å². The zero-order valence-corrected chi connectivity index (χ0v) is 25.1. The Morgan fingerprint density at radius 2 is 1.55 bits per heavy atom. The van der Waals surface area contributed by atoms with E-state index in [0.29, 0.717) is 54.3 Å². The number of methoxy groups -OCH3 is 1. The number of benzene rings is 3. The Balaban J connectivity index is 1.13. The van der Waals surface area contributed by atoms with Crippen molar-refractivity contribution in [3.63, 3.8) is 0 Å². The predicted octanol–water partition coefficient (Wildman–Crippen LogP) is 5.88. The first-order valence-electron chi connectivity index (χ1n) is 14.6. The molecule has 3 aromatic carbocycles. The van der Waals surface area contributed by atoms with Crippen LogP contribution in [0.3, 0.4) is 0 Å². The Bertz CT molecular complexity index is 1900. The van der Waals surface area contributed by atoms with Crippen molar-refractivity contribution in [3.05, 3.63) is 114 Å². The van der Waals surface area contributed by atoms with Crippen molar-refractivity contribution in [1.29, 1.82) is 0 Å². The number of halogens is 3. The molecule has 0 radical (unpaired) electrons. The third kappa shape index (κ3) is 7.03. The zero-order valence-electron chi connectivity index (χ0n) is 25.1. The fourth-order valence-corrected chi connectivity index (χ4v) is 5.28. The quantitative estimate of drug-likeness (QED) is 0.228. The number of hydrogen-bond acceptors (Lipinski definition) is 7. The van der Waals surface area contributed by atoms with Crippen molar-refractivity contribution < 1.29 is 32.6 Å². The van der Waals surface area contributed by atoms with Crippen molar-refractivity contribution in [1.82, 2.24) is 19.7 Å². The molecule has 0 aliphatic carbocycles. The van der Waals surface area contributed by atoms with Gasteiger partial charge >= 0.3 is 6.18 Å². The second kappa shape index (κ2) is 12.9. The highest BCUT2D eigenvalue weighted by Gasteiger charge is 2.33. The molecule has 2 aromatic heterocycles. The van der Waals surface area contributed by atoms with Crippen LogP contribution in [0.5, 0.6) is 11.5 Å². The second-order valence-corrected chi connectivity index (χ2v) is 10.9. The third-order valence-corrected chi connectivity index (χ3v) is 7.81. The van der Waals surface area contributed by atoms with Crippen molar-refractivity contribution in [2.45, 2.75) is 6.18 Å². The number of aromatic nitrogens is 3. The SMILES string of the molecule is COc1ccc(NC(=O)c2ccc(N3CCN(C(=O)c4cc(-n5cc(-c6cncc(O)c6)cn5)cc(C(F)(F)F)c4)CC3)cc2)cc1. The van der Waals surface area contributed by atoms with E-state index in [1.807, 2.05) is 17.0 Å². The molecular formula is C34H29F3N6O4. The summed E-state index contributed by atoms with van der Waals surface area (Å²) >= 11 is 0. The van der Waals surface area contributed by atoms with E-state index >= 15 is 0 Å². The average Bonchev–Trinajstić information content (AvgIpc) is 3.59. The van der Waals surface area contributed by atoms with Crippen LogP contribution in [-0.4, -0.2) is 69.9 Å². The zero-order chi connectivity index (χ0) is 33.1. The van der Waals surface area contributed by atoms with Crippen LogP contribution in [0.15, 0.2) is 97.6 Å². The van der Waals surface area contributed by atoms with Gasteiger partial charge in [0.05, 0.1) is 30.8 Å². The van der Waals surface area contributed by atoms with Gasteiger partial charge in [0.1, 0.15) is 11.5 Å². The molecule has 0 atom stereocenters. The van der Waals surface area contributed by atoms with Crippen molar-refractivity contribution in [2.75, 3.05) is 43.5 Å². The summed E-state index contributed by atoms with van der Waals surface area (Å²) in [6.07, 6.45) is 1.02. The van der Waals surface area contributed by atoms with E-state index in [1.165, 1.54) is 46.5 Å². The number of ether oxygens (including phenoxy) is 1. The van der Waals surface area contributed by atoms with Gasteiger partial charge in [-0.3, -0.25) is 14.6 Å². The lowest BCUT2D eigenvalue weighted by Crippen LogP contribution is -2.48. The Hall–Kier alpha value is -5.85. The summed E-state index contributed by atoms with van der Waals surface area (Å²) in [6, 6.07) is 18.7. The van der Waals surface area contributed by atoms with Gasteiger partial charge in [-0.25, -0.2) is 4.68 Å². The lowest BCUT2D eigenvalue weighted by Gasteiger charge is -2.36. The lowest BCUT2D eigenvalue weighted by molar-refractivity contribution is -0.137. The first kappa shape index (κ1) is 31.1. The van der Waals surface area contributed by atoms with Gasteiger partial charge in [0.25, 0.3) is 11.8 Å². The van der Waals surface area contributed by atoms with Crippen LogP contribution >= 0.6 is 0 Å². The summed E-state index contributed by atoms with van der Waals surface area (Å²) < 4.78 is 48.1. The maximum Gasteiger partial charge on any atom is 0.416 e. The summed E-state index contributed by atoms with van der Waals surface area (Å²) in [5.41, 5.74) is 2.02. The van der Waals surface area contributed by atoms with Crippen LogP contribution in [-0.2, 0) is 6.18 Å². The number of amides is 2. The molecule has 0 bridgehead atoms. The molecule has 3 heterocycles. The van der Waals surface area contributed by atoms with Crippen molar-refractivity contribution >= 4 is 23.2 Å². The van der Waals surface area contributed by atoms with Gasteiger partial charge in [-0.15, -0.1) is 0 Å². The summed E-state index contributed by atoms with van der Waals surface area (Å²) in [5.74, 6) is -0.165. The van der Waals surface area contributed by atoms with Crippen molar-refractivity contribution in [3.8, 4) is 28.3 Å². The number of aromatic hydroxyl groups is 1. The number of alkyl halides is 3. The van der Waals surface area contributed by atoms with Crippen LogP contribution in [0.1, 0.15) is 26.3 Å². The molecule has 240 valence electrons.